The number of anilines is 1. The summed E-state index contributed by atoms with van der Waals surface area (Å²) in [5.74, 6) is 1.27. The SMILES string of the molecule is NCc1cc(N)ncc1OC1CC1. The maximum Gasteiger partial charge on any atom is 0.142 e. The van der Waals surface area contributed by atoms with Crippen LogP contribution in [0.4, 0.5) is 5.82 Å². The van der Waals surface area contributed by atoms with E-state index < -0.39 is 0 Å². The van der Waals surface area contributed by atoms with Crippen LogP contribution in [0.2, 0.25) is 0 Å². The monoisotopic (exact) mass is 179 g/mol. The largest absolute Gasteiger partial charge is 0.488 e. The predicted octanol–water partition coefficient (Wildman–Crippen LogP) is 0.664. The fourth-order valence-corrected chi connectivity index (χ4v) is 1.13. The summed E-state index contributed by atoms with van der Waals surface area (Å²) in [6.07, 6.45) is 4.29. The Hall–Kier alpha value is -1.29. The summed E-state index contributed by atoms with van der Waals surface area (Å²) in [6.45, 7) is 0.439. The third-order valence-electron chi connectivity index (χ3n) is 2.01. The maximum absolute atomic E-state index is 5.60. The molecule has 0 amide bonds. The molecule has 1 aliphatic carbocycles. The van der Waals surface area contributed by atoms with Crippen LogP contribution in [0.15, 0.2) is 12.3 Å². The molecular formula is C9H13N3O. The third-order valence-corrected chi connectivity index (χ3v) is 2.01. The zero-order valence-electron chi connectivity index (χ0n) is 7.36. The summed E-state index contributed by atoms with van der Waals surface area (Å²) < 4.78 is 5.60. The van der Waals surface area contributed by atoms with Crippen LogP contribution in [0, 0.1) is 0 Å². The van der Waals surface area contributed by atoms with Gasteiger partial charge in [-0.05, 0) is 18.9 Å². The highest BCUT2D eigenvalue weighted by molar-refractivity contribution is 5.40. The Kier molecular flexibility index (Phi) is 2.06. The van der Waals surface area contributed by atoms with Gasteiger partial charge in [-0.3, -0.25) is 0 Å². The van der Waals surface area contributed by atoms with Gasteiger partial charge in [0, 0.05) is 12.1 Å². The molecule has 4 heteroatoms. The van der Waals surface area contributed by atoms with Gasteiger partial charge in [0.1, 0.15) is 11.6 Å². The summed E-state index contributed by atoms with van der Waals surface area (Å²) in [5.41, 5.74) is 12.0. The van der Waals surface area contributed by atoms with E-state index in [4.69, 9.17) is 16.2 Å². The second-order valence-electron chi connectivity index (χ2n) is 3.24. The normalized spacial score (nSPS) is 15.8. The van der Waals surface area contributed by atoms with Crippen LogP contribution in [0.3, 0.4) is 0 Å². The molecule has 1 saturated carbocycles. The molecule has 1 aromatic rings. The number of aromatic nitrogens is 1. The van der Waals surface area contributed by atoms with Gasteiger partial charge in [0.25, 0.3) is 0 Å². The van der Waals surface area contributed by atoms with E-state index in [1.807, 2.05) is 0 Å². The van der Waals surface area contributed by atoms with Gasteiger partial charge in [0.05, 0.1) is 12.3 Å². The van der Waals surface area contributed by atoms with Crippen LogP contribution in [-0.2, 0) is 6.54 Å². The molecule has 1 aromatic heterocycles. The van der Waals surface area contributed by atoms with E-state index >= 15 is 0 Å². The number of nitrogen functional groups attached to an aromatic ring is 1. The quantitative estimate of drug-likeness (QED) is 0.715. The summed E-state index contributed by atoms with van der Waals surface area (Å²) in [5, 5.41) is 0. The molecular weight excluding hydrogens is 166 g/mol. The van der Waals surface area contributed by atoms with Crippen molar-refractivity contribution in [3.05, 3.63) is 17.8 Å². The van der Waals surface area contributed by atoms with Gasteiger partial charge < -0.3 is 16.2 Å². The van der Waals surface area contributed by atoms with Gasteiger partial charge >= 0.3 is 0 Å². The minimum Gasteiger partial charge on any atom is -0.488 e. The molecule has 0 aromatic carbocycles. The molecule has 0 atom stereocenters. The Morgan fingerprint density at radius 3 is 2.92 bits per heavy atom. The van der Waals surface area contributed by atoms with Gasteiger partial charge in [-0.2, -0.15) is 0 Å². The Bertz CT molecular complexity index is 310. The molecule has 1 heterocycles. The summed E-state index contributed by atoms with van der Waals surface area (Å²) >= 11 is 0. The summed E-state index contributed by atoms with van der Waals surface area (Å²) in [6, 6.07) is 1.76. The van der Waals surface area contributed by atoms with Crippen LogP contribution in [-0.4, -0.2) is 11.1 Å². The Balaban J connectivity index is 2.21. The van der Waals surface area contributed by atoms with E-state index in [-0.39, 0.29) is 0 Å². The highest BCUT2D eigenvalue weighted by Crippen LogP contribution is 2.28. The lowest BCUT2D eigenvalue weighted by Crippen LogP contribution is -2.05. The lowest BCUT2D eigenvalue weighted by atomic mass is 10.2. The van der Waals surface area contributed by atoms with Crippen LogP contribution in [0.25, 0.3) is 0 Å². The lowest BCUT2D eigenvalue weighted by molar-refractivity contribution is 0.299. The van der Waals surface area contributed by atoms with E-state index in [9.17, 15) is 0 Å². The average molecular weight is 179 g/mol. The van der Waals surface area contributed by atoms with E-state index in [1.165, 1.54) is 0 Å². The zero-order valence-corrected chi connectivity index (χ0v) is 7.36. The second kappa shape index (κ2) is 3.22. The number of hydrogen-bond acceptors (Lipinski definition) is 4. The van der Waals surface area contributed by atoms with E-state index in [1.54, 1.807) is 12.3 Å². The molecule has 1 fully saturated rings. The Morgan fingerprint density at radius 1 is 1.54 bits per heavy atom. The second-order valence-corrected chi connectivity index (χ2v) is 3.24. The number of nitrogens with two attached hydrogens (primary N) is 2. The molecule has 4 nitrogen and oxygen atoms in total. The van der Waals surface area contributed by atoms with Crippen molar-refractivity contribution in [2.24, 2.45) is 5.73 Å². The van der Waals surface area contributed by atoms with Gasteiger partial charge in [0.2, 0.25) is 0 Å². The number of nitrogens with zero attached hydrogens (tertiary/aromatic N) is 1. The molecule has 1 aliphatic rings. The van der Waals surface area contributed by atoms with Crippen molar-refractivity contribution in [2.45, 2.75) is 25.5 Å². The van der Waals surface area contributed by atoms with Gasteiger partial charge in [-0.25, -0.2) is 4.98 Å². The van der Waals surface area contributed by atoms with Crippen molar-refractivity contribution in [3.63, 3.8) is 0 Å². The number of hydrogen-bond donors (Lipinski definition) is 2. The summed E-state index contributed by atoms with van der Waals surface area (Å²) in [4.78, 5) is 3.97. The molecule has 70 valence electrons. The standard InChI is InChI=1S/C9H13N3O/c10-4-6-3-9(11)12-5-8(6)13-7-1-2-7/h3,5,7H,1-2,4,10H2,(H2,11,12). The molecule has 0 aliphatic heterocycles. The van der Waals surface area contributed by atoms with E-state index in [2.05, 4.69) is 4.98 Å². The van der Waals surface area contributed by atoms with Gasteiger partial charge in [-0.15, -0.1) is 0 Å². The first kappa shape index (κ1) is 8.31. The molecule has 4 N–H and O–H groups in total. The fraction of sp³-hybridized carbons (Fsp3) is 0.444. The fourth-order valence-electron chi connectivity index (χ4n) is 1.13. The zero-order chi connectivity index (χ0) is 9.26. The molecule has 0 radical (unpaired) electrons. The highest BCUT2D eigenvalue weighted by atomic mass is 16.5. The molecule has 0 bridgehead atoms. The van der Waals surface area contributed by atoms with E-state index in [0.29, 0.717) is 18.5 Å². The Morgan fingerprint density at radius 2 is 2.31 bits per heavy atom. The van der Waals surface area contributed by atoms with Crippen molar-refractivity contribution in [1.82, 2.24) is 4.98 Å². The number of rotatable bonds is 3. The predicted molar refractivity (Wildman–Crippen MR) is 50.2 cm³/mol. The molecule has 0 spiro atoms. The first-order valence-corrected chi connectivity index (χ1v) is 4.40. The topological polar surface area (TPSA) is 74.2 Å². The van der Waals surface area contributed by atoms with Crippen molar-refractivity contribution in [1.29, 1.82) is 0 Å². The van der Waals surface area contributed by atoms with E-state index in [0.717, 1.165) is 24.2 Å². The van der Waals surface area contributed by atoms with Crippen LogP contribution in [0.1, 0.15) is 18.4 Å². The van der Waals surface area contributed by atoms with Crippen LogP contribution in [0.5, 0.6) is 5.75 Å². The number of ether oxygens (including phenoxy) is 1. The maximum atomic E-state index is 5.60. The van der Waals surface area contributed by atoms with Crippen molar-refractivity contribution in [2.75, 3.05) is 5.73 Å². The minimum atomic E-state index is 0.371. The average Bonchev–Trinajstić information content (AvgIpc) is 2.92. The highest BCUT2D eigenvalue weighted by Gasteiger charge is 2.24. The first-order chi connectivity index (χ1) is 6.29. The summed E-state index contributed by atoms with van der Waals surface area (Å²) in [7, 11) is 0. The third kappa shape index (κ3) is 1.89. The molecule has 0 unspecified atom stereocenters. The Labute approximate surface area is 76.9 Å². The number of pyridine rings is 1. The van der Waals surface area contributed by atoms with Gasteiger partial charge in [-0.1, -0.05) is 0 Å². The van der Waals surface area contributed by atoms with Crippen LogP contribution < -0.4 is 16.2 Å². The first-order valence-electron chi connectivity index (χ1n) is 4.40. The van der Waals surface area contributed by atoms with Crippen molar-refractivity contribution in [3.8, 4) is 5.75 Å². The van der Waals surface area contributed by atoms with Crippen LogP contribution >= 0.6 is 0 Å². The van der Waals surface area contributed by atoms with Gasteiger partial charge in [0.15, 0.2) is 0 Å². The van der Waals surface area contributed by atoms with Crippen molar-refractivity contribution >= 4 is 5.82 Å². The molecule has 0 saturated heterocycles. The lowest BCUT2D eigenvalue weighted by Gasteiger charge is -2.08. The smallest absolute Gasteiger partial charge is 0.142 e. The molecule has 13 heavy (non-hydrogen) atoms. The minimum absolute atomic E-state index is 0.371. The van der Waals surface area contributed by atoms with Crippen molar-refractivity contribution < 1.29 is 4.74 Å². The molecule has 2 rings (SSSR count).